The number of benzene rings is 3. The van der Waals surface area contributed by atoms with E-state index in [4.69, 9.17) is 0 Å². The Morgan fingerprint density at radius 1 is 0.833 bits per heavy atom. The largest absolute Gasteiger partial charge is 0.243 e. The summed E-state index contributed by atoms with van der Waals surface area (Å²) in [5.74, 6) is 0.279. The van der Waals surface area contributed by atoms with E-state index in [0.717, 1.165) is 17.2 Å². The van der Waals surface area contributed by atoms with Crippen LogP contribution in [0.4, 0.5) is 0 Å². The zero-order valence-electron chi connectivity index (χ0n) is 13.3. The fraction of sp³-hybridized carbons (Fsp3) is 0.200. The summed E-state index contributed by atoms with van der Waals surface area (Å²) in [6.07, 6.45) is 0.872. The van der Waals surface area contributed by atoms with Crippen LogP contribution in [0.15, 0.2) is 77.7 Å². The molecule has 122 valence electrons. The summed E-state index contributed by atoms with van der Waals surface area (Å²) in [6, 6.07) is 23.4. The Bertz CT molecular complexity index is 967. The van der Waals surface area contributed by atoms with Gasteiger partial charge in [0.2, 0.25) is 10.0 Å². The van der Waals surface area contributed by atoms with E-state index in [2.05, 4.69) is 12.1 Å². The smallest absolute Gasteiger partial charge is 0.207 e. The van der Waals surface area contributed by atoms with Gasteiger partial charge in [-0.05, 0) is 40.8 Å². The van der Waals surface area contributed by atoms with Crippen LogP contribution < -0.4 is 0 Å². The minimum absolute atomic E-state index is 0.279. The predicted molar refractivity (Wildman–Crippen MR) is 96.5 cm³/mol. The van der Waals surface area contributed by atoms with Crippen LogP contribution in [0.3, 0.4) is 0 Å². The molecule has 1 atom stereocenters. The van der Waals surface area contributed by atoms with Crippen molar-refractivity contribution < 1.29 is 8.42 Å². The molecule has 1 heterocycles. The SMILES string of the molecule is O=S(=O)(c1ccc2ccccc2c1)N1CCC(c2ccccc2)C1. The lowest BCUT2D eigenvalue weighted by atomic mass is 9.99. The van der Waals surface area contributed by atoms with Gasteiger partial charge in [0.1, 0.15) is 0 Å². The maximum absolute atomic E-state index is 13.0. The van der Waals surface area contributed by atoms with Gasteiger partial charge in [-0.2, -0.15) is 4.31 Å². The van der Waals surface area contributed by atoms with Crippen molar-refractivity contribution in [1.29, 1.82) is 0 Å². The van der Waals surface area contributed by atoms with Gasteiger partial charge in [-0.25, -0.2) is 8.42 Å². The molecular formula is C20H19NO2S. The molecule has 0 bridgehead atoms. The third-order valence-electron chi connectivity index (χ3n) is 4.78. The Balaban J connectivity index is 1.63. The molecule has 0 aliphatic carbocycles. The second kappa shape index (κ2) is 6.04. The van der Waals surface area contributed by atoms with Crippen molar-refractivity contribution in [3.05, 3.63) is 78.4 Å². The highest BCUT2D eigenvalue weighted by Gasteiger charge is 2.33. The number of rotatable bonds is 3. The maximum Gasteiger partial charge on any atom is 0.243 e. The van der Waals surface area contributed by atoms with Gasteiger partial charge in [0, 0.05) is 13.1 Å². The van der Waals surface area contributed by atoms with Gasteiger partial charge in [0.15, 0.2) is 0 Å². The minimum Gasteiger partial charge on any atom is -0.207 e. The third-order valence-corrected chi connectivity index (χ3v) is 6.64. The van der Waals surface area contributed by atoms with Gasteiger partial charge in [0.25, 0.3) is 0 Å². The summed E-state index contributed by atoms with van der Waals surface area (Å²) in [6.45, 7) is 1.13. The molecule has 1 fully saturated rings. The summed E-state index contributed by atoms with van der Waals surface area (Å²) < 4.78 is 27.6. The van der Waals surface area contributed by atoms with Crippen LogP contribution in [0.1, 0.15) is 17.9 Å². The van der Waals surface area contributed by atoms with Crippen molar-refractivity contribution in [1.82, 2.24) is 4.31 Å². The van der Waals surface area contributed by atoms with Gasteiger partial charge in [-0.15, -0.1) is 0 Å². The van der Waals surface area contributed by atoms with Crippen LogP contribution in [0.25, 0.3) is 10.8 Å². The first-order valence-electron chi connectivity index (χ1n) is 8.18. The van der Waals surface area contributed by atoms with E-state index in [1.54, 1.807) is 16.4 Å². The monoisotopic (exact) mass is 337 g/mol. The van der Waals surface area contributed by atoms with Crippen molar-refractivity contribution in [3.63, 3.8) is 0 Å². The lowest BCUT2D eigenvalue weighted by molar-refractivity contribution is 0.473. The van der Waals surface area contributed by atoms with Crippen molar-refractivity contribution in [3.8, 4) is 0 Å². The highest BCUT2D eigenvalue weighted by molar-refractivity contribution is 7.89. The Kier molecular flexibility index (Phi) is 3.87. The molecule has 24 heavy (non-hydrogen) atoms. The zero-order valence-corrected chi connectivity index (χ0v) is 14.1. The summed E-state index contributed by atoms with van der Waals surface area (Å²) in [5, 5.41) is 2.01. The number of hydrogen-bond donors (Lipinski definition) is 0. The van der Waals surface area contributed by atoms with Crippen LogP contribution in [0.5, 0.6) is 0 Å². The average Bonchev–Trinajstić information content (AvgIpc) is 3.13. The molecule has 0 radical (unpaired) electrons. The molecule has 1 aliphatic heterocycles. The number of sulfonamides is 1. The molecule has 1 aliphatic rings. The molecule has 1 saturated heterocycles. The first-order valence-corrected chi connectivity index (χ1v) is 9.62. The molecule has 0 N–H and O–H groups in total. The van der Waals surface area contributed by atoms with Crippen LogP contribution >= 0.6 is 0 Å². The van der Waals surface area contributed by atoms with E-state index in [0.29, 0.717) is 18.0 Å². The third kappa shape index (κ3) is 2.72. The Hall–Kier alpha value is -2.17. The minimum atomic E-state index is -3.44. The molecule has 3 aromatic carbocycles. The number of fused-ring (bicyclic) bond motifs is 1. The highest BCUT2D eigenvalue weighted by atomic mass is 32.2. The van der Waals surface area contributed by atoms with E-state index < -0.39 is 10.0 Å². The van der Waals surface area contributed by atoms with Gasteiger partial charge >= 0.3 is 0 Å². The van der Waals surface area contributed by atoms with Crippen molar-refractivity contribution in [2.24, 2.45) is 0 Å². The highest BCUT2D eigenvalue weighted by Crippen LogP contribution is 2.31. The molecule has 4 rings (SSSR count). The lowest BCUT2D eigenvalue weighted by Gasteiger charge is -2.17. The van der Waals surface area contributed by atoms with Crippen LogP contribution in [-0.2, 0) is 10.0 Å². The number of nitrogens with zero attached hydrogens (tertiary/aromatic N) is 1. The Morgan fingerprint density at radius 3 is 2.33 bits per heavy atom. The molecule has 3 nitrogen and oxygen atoms in total. The van der Waals surface area contributed by atoms with E-state index in [9.17, 15) is 8.42 Å². The summed E-state index contributed by atoms with van der Waals surface area (Å²) in [5.41, 5.74) is 1.22. The quantitative estimate of drug-likeness (QED) is 0.724. The molecule has 3 aromatic rings. The molecular weight excluding hydrogens is 318 g/mol. The molecule has 0 amide bonds. The van der Waals surface area contributed by atoms with Crippen molar-refractivity contribution in [2.45, 2.75) is 17.2 Å². The lowest BCUT2D eigenvalue weighted by Crippen LogP contribution is -2.28. The van der Waals surface area contributed by atoms with Gasteiger partial charge < -0.3 is 0 Å². The van der Waals surface area contributed by atoms with Gasteiger partial charge in [0.05, 0.1) is 4.90 Å². The first-order chi connectivity index (χ1) is 11.6. The van der Waals surface area contributed by atoms with Crippen LogP contribution in [0, 0.1) is 0 Å². The van der Waals surface area contributed by atoms with E-state index in [1.807, 2.05) is 48.5 Å². The molecule has 0 aromatic heterocycles. The zero-order chi connectivity index (χ0) is 16.6. The van der Waals surface area contributed by atoms with E-state index >= 15 is 0 Å². The molecule has 0 spiro atoms. The Labute approximate surface area is 142 Å². The van der Waals surface area contributed by atoms with Crippen molar-refractivity contribution in [2.75, 3.05) is 13.1 Å². The Morgan fingerprint density at radius 2 is 1.54 bits per heavy atom. The molecule has 4 heteroatoms. The standard InChI is InChI=1S/C20H19NO2S/c22-24(23,20-11-10-17-8-4-5-9-18(17)14-20)21-13-12-19(15-21)16-6-2-1-3-7-16/h1-11,14,19H,12-13,15H2. The molecule has 0 saturated carbocycles. The number of hydrogen-bond acceptors (Lipinski definition) is 2. The normalized spacial score (nSPS) is 18.9. The van der Waals surface area contributed by atoms with Gasteiger partial charge in [-0.3, -0.25) is 0 Å². The van der Waals surface area contributed by atoms with Crippen LogP contribution in [0.2, 0.25) is 0 Å². The predicted octanol–water partition coefficient (Wildman–Crippen LogP) is 4.02. The summed E-state index contributed by atoms with van der Waals surface area (Å²) in [4.78, 5) is 0.384. The summed E-state index contributed by atoms with van der Waals surface area (Å²) in [7, 11) is -3.44. The van der Waals surface area contributed by atoms with Gasteiger partial charge in [-0.1, -0.05) is 60.7 Å². The van der Waals surface area contributed by atoms with E-state index in [1.165, 1.54) is 5.56 Å². The maximum atomic E-state index is 13.0. The van der Waals surface area contributed by atoms with E-state index in [-0.39, 0.29) is 5.92 Å². The average molecular weight is 337 g/mol. The molecule has 1 unspecified atom stereocenters. The summed E-state index contributed by atoms with van der Waals surface area (Å²) >= 11 is 0. The first kappa shape index (κ1) is 15.4. The van der Waals surface area contributed by atoms with Crippen LogP contribution in [-0.4, -0.2) is 25.8 Å². The second-order valence-electron chi connectivity index (χ2n) is 6.27. The van der Waals surface area contributed by atoms with Crippen molar-refractivity contribution >= 4 is 20.8 Å². The topological polar surface area (TPSA) is 37.4 Å². The second-order valence-corrected chi connectivity index (χ2v) is 8.21. The fourth-order valence-corrected chi connectivity index (χ4v) is 4.96. The fourth-order valence-electron chi connectivity index (χ4n) is 3.42.